The monoisotopic (exact) mass is 359 g/mol. The Bertz CT molecular complexity index is 572. The van der Waals surface area contributed by atoms with Gasteiger partial charge in [0, 0.05) is 44.3 Å². The van der Waals surface area contributed by atoms with Crippen molar-refractivity contribution in [1.82, 2.24) is 15.1 Å². The summed E-state index contributed by atoms with van der Waals surface area (Å²) in [5.41, 5.74) is 1.12. The smallest absolute Gasteiger partial charge is 0.260 e. The van der Waals surface area contributed by atoms with E-state index in [0.717, 1.165) is 56.9 Å². The number of amides is 1. The Kier molecular flexibility index (Phi) is 7.32. The maximum atomic E-state index is 12.2. The molecule has 0 radical (unpaired) electrons. The number of carbonyl (C=O) groups is 1. The van der Waals surface area contributed by atoms with E-state index in [0.29, 0.717) is 6.04 Å². The molecule has 1 aromatic carbocycles. The topological polar surface area (TPSA) is 44.8 Å². The maximum absolute atomic E-state index is 12.2. The van der Waals surface area contributed by atoms with E-state index < -0.39 is 0 Å². The number of benzene rings is 1. The number of hydrogen-bond acceptors (Lipinski definition) is 4. The minimum atomic E-state index is 0.101. The quantitative estimate of drug-likeness (QED) is 0.725. The molecule has 0 spiro atoms. The molecule has 2 saturated heterocycles. The molecule has 0 saturated carbocycles. The number of ether oxygens (including phenoxy) is 1. The van der Waals surface area contributed by atoms with Crippen molar-refractivity contribution in [2.75, 3.05) is 39.3 Å². The molecule has 0 aromatic heterocycles. The second kappa shape index (κ2) is 9.93. The van der Waals surface area contributed by atoms with Crippen molar-refractivity contribution in [3.05, 3.63) is 29.8 Å². The van der Waals surface area contributed by atoms with Crippen molar-refractivity contribution < 1.29 is 9.53 Å². The minimum absolute atomic E-state index is 0.101. The van der Waals surface area contributed by atoms with Crippen LogP contribution in [0.5, 0.6) is 5.75 Å². The molecule has 2 aliphatic heterocycles. The third kappa shape index (κ3) is 5.45. The summed E-state index contributed by atoms with van der Waals surface area (Å²) in [4.78, 5) is 16.7. The highest BCUT2D eigenvalue weighted by atomic mass is 16.5. The Balaban J connectivity index is 1.42. The van der Waals surface area contributed by atoms with Gasteiger partial charge >= 0.3 is 0 Å². The van der Waals surface area contributed by atoms with Crippen molar-refractivity contribution in [1.29, 1.82) is 0 Å². The largest absolute Gasteiger partial charge is 0.483 e. The van der Waals surface area contributed by atoms with Gasteiger partial charge in [-0.1, -0.05) is 24.6 Å². The molecule has 0 bridgehead atoms. The van der Waals surface area contributed by atoms with Gasteiger partial charge in [-0.05, 0) is 45.2 Å². The lowest BCUT2D eigenvalue weighted by Gasteiger charge is -2.33. The zero-order valence-electron chi connectivity index (χ0n) is 16.1. The molecule has 1 amide bonds. The van der Waals surface area contributed by atoms with Crippen LogP contribution in [0.25, 0.3) is 0 Å². The fourth-order valence-corrected chi connectivity index (χ4v) is 3.92. The van der Waals surface area contributed by atoms with Crippen molar-refractivity contribution >= 4 is 5.91 Å². The number of hydrogen-bond donors (Lipinski definition) is 1. The van der Waals surface area contributed by atoms with Crippen LogP contribution in [-0.2, 0) is 11.3 Å². The van der Waals surface area contributed by atoms with Gasteiger partial charge in [0.25, 0.3) is 5.91 Å². The number of likely N-dealkylation sites (tertiary alicyclic amines) is 2. The number of nitrogens with one attached hydrogen (secondary N) is 1. The molecule has 26 heavy (non-hydrogen) atoms. The van der Waals surface area contributed by atoms with E-state index in [1.807, 2.05) is 23.1 Å². The lowest BCUT2D eigenvalue weighted by Crippen LogP contribution is -2.41. The molecule has 5 nitrogen and oxygen atoms in total. The molecule has 1 aromatic rings. The Morgan fingerprint density at radius 2 is 1.92 bits per heavy atom. The first-order chi connectivity index (χ1) is 12.7. The van der Waals surface area contributed by atoms with Gasteiger partial charge in [-0.15, -0.1) is 0 Å². The second-order valence-corrected chi connectivity index (χ2v) is 7.54. The van der Waals surface area contributed by atoms with Crippen LogP contribution in [0.3, 0.4) is 0 Å². The predicted octanol–water partition coefficient (Wildman–Crippen LogP) is 2.65. The van der Waals surface area contributed by atoms with Crippen molar-refractivity contribution in [2.45, 2.75) is 51.6 Å². The van der Waals surface area contributed by atoms with E-state index in [9.17, 15) is 4.79 Å². The SMILES string of the molecule is CC1CCCCN1CCNCc1ccccc1OCC(=O)N1CCCC1. The maximum Gasteiger partial charge on any atom is 0.260 e. The Hall–Kier alpha value is -1.59. The second-order valence-electron chi connectivity index (χ2n) is 7.54. The lowest BCUT2D eigenvalue weighted by molar-refractivity contribution is -0.132. The highest BCUT2D eigenvalue weighted by molar-refractivity contribution is 5.78. The van der Waals surface area contributed by atoms with Crippen molar-refractivity contribution in [3.63, 3.8) is 0 Å². The molecule has 2 heterocycles. The minimum Gasteiger partial charge on any atom is -0.483 e. The van der Waals surface area contributed by atoms with Crippen LogP contribution >= 0.6 is 0 Å². The lowest BCUT2D eigenvalue weighted by atomic mass is 10.0. The molecule has 1 unspecified atom stereocenters. The number of para-hydroxylation sites is 1. The molecule has 0 aliphatic carbocycles. The molecule has 144 valence electrons. The van der Waals surface area contributed by atoms with Crippen molar-refractivity contribution in [2.24, 2.45) is 0 Å². The standard InChI is InChI=1S/C21H33N3O2/c1-18-8-4-5-12-23(18)15-11-22-16-19-9-2-3-10-20(19)26-17-21(25)24-13-6-7-14-24/h2-3,9-10,18,22H,4-8,11-17H2,1H3. The van der Waals surface area contributed by atoms with Gasteiger partial charge in [-0.2, -0.15) is 0 Å². The molecule has 1 N–H and O–H groups in total. The van der Waals surface area contributed by atoms with E-state index >= 15 is 0 Å². The van der Waals surface area contributed by atoms with Gasteiger partial charge in [0.15, 0.2) is 6.61 Å². The number of rotatable bonds is 8. The van der Waals surface area contributed by atoms with Gasteiger partial charge in [-0.25, -0.2) is 0 Å². The summed E-state index contributed by atoms with van der Waals surface area (Å²) in [5, 5.41) is 3.54. The molecule has 1 atom stereocenters. The van der Waals surface area contributed by atoms with Crippen LogP contribution in [0, 0.1) is 0 Å². The van der Waals surface area contributed by atoms with Crippen LogP contribution in [0.1, 0.15) is 44.6 Å². The fourth-order valence-electron chi connectivity index (χ4n) is 3.92. The van der Waals surface area contributed by atoms with E-state index in [1.54, 1.807) is 0 Å². The summed E-state index contributed by atoms with van der Waals surface area (Å²) in [6.07, 6.45) is 6.24. The summed E-state index contributed by atoms with van der Waals surface area (Å²) in [7, 11) is 0. The molecule has 2 aliphatic rings. The Morgan fingerprint density at radius 1 is 1.15 bits per heavy atom. The van der Waals surface area contributed by atoms with E-state index in [-0.39, 0.29) is 12.5 Å². The first-order valence-corrected chi connectivity index (χ1v) is 10.2. The molecular weight excluding hydrogens is 326 g/mol. The van der Waals surface area contributed by atoms with Gasteiger partial charge < -0.3 is 15.0 Å². The first-order valence-electron chi connectivity index (χ1n) is 10.2. The fraction of sp³-hybridized carbons (Fsp3) is 0.667. The summed E-state index contributed by atoms with van der Waals surface area (Å²) in [5.74, 6) is 0.920. The van der Waals surface area contributed by atoms with Gasteiger partial charge in [0.05, 0.1) is 0 Å². The predicted molar refractivity (Wildman–Crippen MR) is 104 cm³/mol. The zero-order valence-corrected chi connectivity index (χ0v) is 16.1. The highest BCUT2D eigenvalue weighted by Gasteiger charge is 2.19. The molecular formula is C21H33N3O2. The highest BCUT2D eigenvalue weighted by Crippen LogP contribution is 2.19. The van der Waals surface area contributed by atoms with Crippen LogP contribution in [0.4, 0.5) is 0 Å². The molecule has 5 heteroatoms. The summed E-state index contributed by atoms with van der Waals surface area (Å²) >= 11 is 0. The van der Waals surface area contributed by atoms with Crippen LogP contribution in [-0.4, -0.2) is 61.1 Å². The van der Waals surface area contributed by atoms with Crippen LogP contribution in [0.2, 0.25) is 0 Å². The molecule has 2 fully saturated rings. The third-order valence-corrected chi connectivity index (χ3v) is 5.61. The van der Waals surface area contributed by atoms with E-state index in [2.05, 4.69) is 23.2 Å². The molecule has 3 rings (SSSR count). The Labute approximate surface area is 157 Å². The first kappa shape index (κ1) is 19.2. The van der Waals surface area contributed by atoms with E-state index in [4.69, 9.17) is 4.74 Å². The average molecular weight is 360 g/mol. The summed E-state index contributed by atoms with van der Waals surface area (Å²) in [6.45, 7) is 8.29. The summed E-state index contributed by atoms with van der Waals surface area (Å²) in [6, 6.07) is 8.73. The number of piperidine rings is 1. The zero-order chi connectivity index (χ0) is 18.2. The number of carbonyl (C=O) groups excluding carboxylic acids is 1. The van der Waals surface area contributed by atoms with Crippen LogP contribution < -0.4 is 10.1 Å². The summed E-state index contributed by atoms with van der Waals surface area (Å²) < 4.78 is 5.83. The average Bonchev–Trinajstić information content (AvgIpc) is 3.20. The number of nitrogens with zero attached hydrogens (tertiary/aromatic N) is 2. The van der Waals surface area contributed by atoms with Gasteiger partial charge in [0.1, 0.15) is 5.75 Å². The van der Waals surface area contributed by atoms with Gasteiger partial charge in [0.2, 0.25) is 0 Å². The van der Waals surface area contributed by atoms with Gasteiger partial charge in [-0.3, -0.25) is 9.69 Å². The van der Waals surface area contributed by atoms with Crippen molar-refractivity contribution in [3.8, 4) is 5.75 Å². The third-order valence-electron chi connectivity index (χ3n) is 5.61. The van der Waals surface area contributed by atoms with E-state index in [1.165, 1.54) is 25.8 Å². The normalized spacial score (nSPS) is 21.1. The Morgan fingerprint density at radius 3 is 2.73 bits per heavy atom. The van der Waals surface area contributed by atoms with Crippen LogP contribution in [0.15, 0.2) is 24.3 Å².